The molecule has 0 spiro atoms. The van der Waals surface area contributed by atoms with Gasteiger partial charge in [-0.2, -0.15) is 11.8 Å². The molecular formula is C11H23NS. The molecule has 1 atom stereocenters. The first kappa shape index (κ1) is 13.1. The van der Waals surface area contributed by atoms with Crippen molar-refractivity contribution in [3.05, 3.63) is 12.7 Å². The molecule has 0 aromatic heterocycles. The fourth-order valence-corrected chi connectivity index (χ4v) is 1.93. The van der Waals surface area contributed by atoms with Crippen molar-refractivity contribution < 1.29 is 0 Å². The van der Waals surface area contributed by atoms with Crippen LogP contribution in [0, 0.1) is 0 Å². The molecule has 78 valence electrons. The van der Waals surface area contributed by atoms with Crippen molar-refractivity contribution in [3.63, 3.8) is 0 Å². The molecule has 0 aromatic carbocycles. The van der Waals surface area contributed by atoms with Crippen molar-refractivity contribution in [2.24, 2.45) is 5.73 Å². The van der Waals surface area contributed by atoms with Crippen molar-refractivity contribution in [3.8, 4) is 0 Å². The van der Waals surface area contributed by atoms with Gasteiger partial charge in [0.2, 0.25) is 0 Å². The summed E-state index contributed by atoms with van der Waals surface area (Å²) in [5.41, 5.74) is 5.93. The van der Waals surface area contributed by atoms with Gasteiger partial charge in [-0.3, -0.25) is 0 Å². The van der Waals surface area contributed by atoms with Crippen molar-refractivity contribution in [2.75, 3.05) is 11.5 Å². The third kappa shape index (κ3) is 9.97. The Hall–Kier alpha value is 0.0500. The summed E-state index contributed by atoms with van der Waals surface area (Å²) < 4.78 is 0. The maximum absolute atomic E-state index is 5.93. The summed E-state index contributed by atoms with van der Waals surface area (Å²) in [5.74, 6) is 2.31. The molecule has 0 aliphatic carbocycles. The van der Waals surface area contributed by atoms with Crippen molar-refractivity contribution in [2.45, 2.75) is 45.1 Å². The molecule has 0 aromatic rings. The maximum Gasteiger partial charge on any atom is 0.0130 e. The van der Waals surface area contributed by atoms with Gasteiger partial charge in [0.15, 0.2) is 0 Å². The summed E-state index contributed by atoms with van der Waals surface area (Å²) in [6.45, 7) is 5.89. The first-order chi connectivity index (χ1) is 6.31. The van der Waals surface area contributed by atoms with Crippen LogP contribution in [0.4, 0.5) is 0 Å². The second-order valence-corrected chi connectivity index (χ2v) is 4.67. The number of nitrogens with two attached hydrogens (primary N) is 1. The Morgan fingerprint density at radius 2 is 2.15 bits per heavy atom. The molecule has 0 saturated heterocycles. The van der Waals surface area contributed by atoms with E-state index in [1.807, 2.05) is 17.8 Å². The number of allylic oxidation sites excluding steroid dienone is 1. The number of thioether (sulfide) groups is 1. The van der Waals surface area contributed by atoms with Crippen LogP contribution in [-0.2, 0) is 0 Å². The van der Waals surface area contributed by atoms with E-state index in [9.17, 15) is 0 Å². The topological polar surface area (TPSA) is 26.0 Å². The lowest BCUT2D eigenvalue weighted by atomic mass is 10.1. The molecule has 0 aliphatic rings. The summed E-state index contributed by atoms with van der Waals surface area (Å²) in [4.78, 5) is 0. The lowest BCUT2D eigenvalue weighted by molar-refractivity contribution is 0.587. The van der Waals surface area contributed by atoms with E-state index in [-0.39, 0.29) is 0 Å². The highest BCUT2D eigenvalue weighted by Gasteiger charge is 2.00. The quantitative estimate of drug-likeness (QED) is 0.458. The molecule has 1 unspecified atom stereocenters. The summed E-state index contributed by atoms with van der Waals surface area (Å²) in [6.07, 6.45) is 8.18. The van der Waals surface area contributed by atoms with E-state index in [0.717, 1.165) is 12.2 Å². The van der Waals surface area contributed by atoms with Crippen molar-refractivity contribution in [1.82, 2.24) is 0 Å². The van der Waals surface area contributed by atoms with E-state index in [1.54, 1.807) is 0 Å². The summed E-state index contributed by atoms with van der Waals surface area (Å²) in [7, 11) is 0. The highest BCUT2D eigenvalue weighted by molar-refractivity contribution is 7.99. The molecule has 13 heavy (non-hydrogen) atoms. The second kappa shape index (κ2) is 10.1. The van der Waals surface area contributed by atoms with Crippen LogP contribution in [0.1, 0.15) is 39.0 Å². The van der Waals surface area contributed by atoms with E-state index in [0.29, 0.717) is 6.04 Å². The number of rotatable bonds is 9. The third-order valence-electron chi connectivity index (χ3n) is 2.02. The SMILES string of the molecule is C=CCCCCCC(N)CSCC. The Morgan fingerprint density at radius 3 is 2.77 bits per heavy atom. The van der Waals surface area contributed by atoms with Crippen LogP contribution < -0.4 is 5.73 Å². The van der Waals surface area contributed by atoms with Gasteiger partial charge in [0.25, 0.3) is 0 Å². The van der Waals surface area contributed by atoms with Gasteiger partial charge in [0.1, 0.15) is 0 Å². The van der Waals surface area contributed by atoms with Crippen LogP contribution in [0.2, 0.25) is 0 Å². The van der Waals surface area contributed by atoms with Gasteiger partial charge in [0, 0.05) is 11.8 Å². The van der Waals surface area contributed by atoms with Crippen LogP contribution in [0.3, 0.4) is 0 Å². The van der Waals surface area contributed by atoms with Crippen molar-refractivity contribution >= 4 is 11.8 Å². The van der Waals surface area contributed by atoms with E-state index < -0.39 is 0 Å². The number of hydrogen-bond donors (Lipinski definition) is 1. The van der Waals surface area contributed by atoms with E-state index >= 15 is 0 Å². The standard InChI is InChI=1S/C11H23NS/c1-3-5-6-7-8-9-11(12)10-13-4-2/h3,11H,1,4-10,12H2,2H3. The van der Waals surface area contributed by atoms with Gasteiger partial charge in [0.05, 0.1) is 0 Å². The smallest absolute Gasteiger partial charge is 0.0130 e. The molecule has 0 heterocycles. The highest BCUT2D eigenvalue weighted by atomic mass is 32.2. The zero-order valence-corrected chi connectivity index (χ0v) is 9.61. The molecule has 1 nitrogen and oxygen atoms in total. The van der Waals surface area contributed by atoms with E-state index in [1.165, 1.54) is 31.4 Å². The van der Waals surface area contributed by atoms with Crippen LogP contribution in [0.15, 0.2) is 12.7 Å². The minimum atomic E-state index is 0.411. The molecule has 0 rings (SSSR count). The summed E-state index contributed by atoms with van der Waals surface area (Å²) >= 11 is 1.94. The minimum absolute atomic E-state index is 0.411. The van der Waals surface area contributed by atoms with Gasteiger partial charge in [-0.15, -0.1) is 6.58 Å². The lowest BCUT2D eigenvalue weighted by Crippen LogP contribution is -2.22. The second-order valence-electron chi connectivity index (χ2n) is 3.35. The molecular weight excluding hydrogens is 178 g/mol. The third-order valence-corrected chi connectivity index (χ3v) is 3.09. The Balaban J connectivity index is 3.07. The zero-order chi connectivity index (χ0) is 9.94. The fraction of sp³-hybridized carbons (Fsp3) is 0.818. The Labute approximate surface area is 87.2 Å². The number of hydrogen-bond acceptors (Lipinski definition) is 2. The molecule has 0 radical (unpaired) electrons. The predicted octanol–water partition coefficient (Wildman–Crippen LogP) is 3.20. The van der Waals surface area contributed by atoms with Crippen molar-refractivity contribution in [1.29, 1.82) is 0 Å². The fourth-order valence-electron chi connectivity index (χ4n) is 1.22. The molecule has 2 heteroatoms. The molecule has 0 aliphatic heterocycles. The molecule has 2 N–H and O–H groups in total. The summed E-state index contributed by atoms with van der Waals surface area (Å²) in [6, 6.07) is 0.411. The molecule has 0 fully saturated rings. The minimum Gasteiger partial charge on any atom is -0.327 e. The highest BCUT2D eigenvalue weighted by Crippen LogP contribution is 2.08. The summed E-state index contributed by atoms with van der Waals surface area (Å²) in [5, 5.41) is 0. The van der Waals surface area contributed by atoms with E-state index in [2.05, 4.69) is 13.5 Å². The molecule has 0 saturated carbocycles. The van der Waals surface area contributed by atoms with Crippen LogP contribution in [-0.4, -0.2) is 17.5 Å². The maximum atomic E-state index is 5.93. The monoisotopic (exact) mass is 201 g/mol. The van der Waals surface area contributed by atoms with Crippen LogP contribution in [0.25, 0.3) is 0 Å². The van der Waals surface area contributed by atoms with Gasteiger partial charge in [-0.05, 0) is 25.0 Å². The largest absolute Gasteiger partial charge is 0.327 e. The Morgan fingerprint density at radius 1 is 1.38 bits per heavy atom. The zero-order valence-electron chi connectivity index (χ0n) is 8.80. The lowest BCUT2D eigenvalue weighted by Gasteiger charge is -2.09. The number of unbranched alkanes of at least 4 members (excludes halogenated alkanes) is 3. The molecule has 0 amide bonds. The van der Waals surface area contributed by atoms with Crippen LogP contribution in [0.5, 0.6) is 0 Å². The van der Waals surface area contributed by atoms with Gasteiger partial charge in [-0.25, -0.2) is 0 Å². The predicted molar refractivity (Wildman–Crippen MR) is 64.3 cm³/mol. The van der Waals surface area contributed by atoms with Crippen LogP contribution >= 0.6 is 11.8 Å². The van der Waals surface area contributed by atoms with E-state index in [4.69, 9.17) is 5.73 Å². The van der Waals surface area contributed by atoms with Gasteiger partial charge >= 0.3 is 0 Å². The normalized spacial score (nSPS) is 12.8. The van der Waals surface area contributed by atoms with Gasteiger partial charge < -0.3 is 5.73 Å². The van der Waals surface area contributed by atoms with Gasteiger partial charge in [-0.1, -0.05) is 25.8 Å². The Bertz CT molecular complexity index is 115. The average Bonchev–Trinajstić information content (AvgIpc) is 2.14. The first-order valence-corrected chi connectivity index (χ1v) is 6.41. The average molecular weight is 201 g/mol. The Kier molecular flexibility index (Phi) is 10.2. The molecule has 0 bridgehead atoms. The first-order valence-electron chi connectivity index (χ1n) is 5.25.